The van der Waals surface area contributed by atoms with Crippen LogP contribution in [0.5, 0.6) is 5.75 Å². The van der Waals surface area contributed by atoms with Gasteiger partial charge in [-0.1, -0.05) is 54.6 Å². The molecule has 6 rings (SSSR count). The Hall–Kier alpha value is -4.67. The van der Waals surface area contributed by atoms with E-state index in [0.717, 1.165) is 7.94 Å². The van der Waals surface area contributed by atoms with Crippen molar-refractivity contribution in [2.24, 2.45) is 0 Å². The van der Waals surface area contributed by atoms with E-state index in [-0.39, 0.29) is 26.6 Å². The third-order valence-electron chi connectivity index (χ3n) is 6.70. The molecule has 0 aliphatic heterocycles. The minimum atomic E-state index is -4.19. The summed E-state index contributed by atoms with van der Waals surface area (Å²) < 4.78 is 62.5. The molecule has 0 N–H and O–H groups in total. The molecule has 2 aromatic heterocycles. The summed E-state index contributed by atoms with van der Waals surface area (Å²) in [6.45, 7) is 0. The summed E-state index contributed by atoms with van der Waals surface area (Å²) in [6, 6.07) is 28.7. The van der Waals surface area contributed by atoms with Gasteiger partial charge in [-0.05, 0) is 54.6 Å². The Bertz CT molecular complexity index is 2130. The number of ether oxygens (including phenoxy) is 1. The number of rotatable bonds is 7. The quantitative estimate of drug-likeness (QED) is 0.241. The van der Waals surface area contributed by atoms with E-state index in [0.29, 0.717) is 22.0 Å². The van der Waals surface area contributed by atoms with Gasteiger partial charge in [0.25, 0.3) is 20.0 Å². The maximum Gasteiger partial charge on any atom is 0.268 e. The van der Waals surface area contributed by atoms with Crippen molar-refractivity contribution < 1.29 is 26.4 Å². The number of carbonyl (C=O) groups excluding carboxylic acids is 1. The molecule has 6 aromatic rings. The third-order valence-corrected chi connectivity index (χ3v) is 10.1. The summed E-state index contributed by atoms with van der Waals surface area (Å²) in [6.07, 6.45) is 1.24. The van der Waals surface area contributed by atoms with Gasteiger partial charge in [0.15, 0.2) is 0 Å². The van der Waals surface area contributed by atoms with E-state index in [9.17, 15) is 21.6 Å². The van der Waals surface area contributed by atoms with Crippen molar-refractivity contribution in [2.45, 2.75) is 9.79 Å². The minimum absolute atomic E-state index is 0.0146. The van der Waals surface area contributed by atoms with Crippen LogP contribution in [0.4, 0.5) is 0 Å². The lowest BCUT2D eigenvalue weighted by Crippen LogP contribution is -2.19. The molecule has 2 heterocycles. The van der Waals surface area contributed by atoms with Crippen molar-refractivity contribution in [1.82, 2.24) is 7.94 Å². The molecule has 0 unspecified atom stereocenters. The van der Waals surface area contributed by atoms with Crippen LogP contribution in [0.3, 0.4) is 0 Å². The molecule has 0 amide bonds. The fraction of sp³-hybridized carbons (Fsp3) is 0.0333. The first kappa shape index (κ1) is 25.6. The Morgan fingerprint density at radius 1 is 0.675 bits per heavy atom. The summed E-state index contributed by atoms with van der Waals surface area (Å²) in [4.78, 5) is 14.3. The first-order chi connectivity index (χ1) is 19.2. The van der Waals surface area contributed by atoms with E-state index in [1.165, 1.54) is 43.6 Å². The summed E-state index contributed by atoms with van der Waals surface area (Å²) in [5.74, 6) is -0.246. The summed E-state index contributed by atoms with van der Waals surface area (Å²) in [5.41, 5.74) is 0.472. The predicted octanol–water partition coefficient (Wildman–Crippen LogP) is 5.31. The predicted molar refractivity (Wildman–Crippen MR) is 152 cm³/mol. The number of hydrogen-bond acceptors (Lipinski definition) is 6. The van der Waals surface area contributed by atoms with E-state index in [1.54, 1.807) is 78.9 Å². The molecular formula is C30H22N2O6S2. The smallest absolute Gasteiger partial charge is 0.268 e. The zero-order valence-electron chi connectivity index (χ0n) is 21.1. The Labute approximate surface area is 230 Å². The Kier molecular flexibility index (Phi) is 6.09. The highest BCUT2D eigenvalue weighted by Gasteiger charge is 2.30. The van der Waals surface area contributed by atoms with Gasteiger partial charge in [-0.2, -0.15) is 0 Å². The maximum atomic E-state index is 14.3. The number of carbonyl (C=O) groups is 1. The highest BCUT2D eigenvalue weighted by atomic mass is 32.2. The van der Waals surface area contributed by atoms with E-state index in [4.69, 9.17) is 4.74 Å². The number of methoxy groups -OCH3 is 1. The summed E-state index contributed by atoms with van der Waals surface area (Å²) >= 11 is 0. The zero-order valence-corrected chi connectivity index (χ0v) is 22.8. The molecule has 0 saturated heterocycles. The standard InChI is InChI=1S/C30H22N2O6S2/c1-38-22-16-17-28-25(19-22)26(20-31(28)39(34,35)23-11-4-2-5-12-23)30(33)29-18-21-10-8-9-15-27(21)32(29)40(36,37)24-13-6-3-7-14-24/h2-20H,1H3. The highest BCUT2D eigenvalue weighted by molar-refractivity contribution is 7.90. The van der Waals surface area contributed by atoms with E-state index < -0.39 is 25.8 Å². The molecule has 0 radical (unpaired) electrons. The van der Waals surface area contributed by atoms with Crippen LogP contribution in [-0.4, -0.2) is 37.7 Å². The second-order valence-electron chi connectivity index (χ2n) is 9.04. The molecule has 10 heteroatoms. The minimum Gasteiger partial charge on any atom is -0.497 e. The first-order valence-corrected chi connectivity index (χ1v) is 15.1. The normalized spacial score (nSPS) is 12.1. The molecule has 40 heavy (non-hydrogen) atoms. The molecule has 0 aliphatic carbocycles. The average Bonchev–Trinajstić information content (AvgIpc) is 3.57. The second kappa shape index (κ2) is 9.51. The van der Waals surface area contributed by atoms with Gasteiger partial charge < -0.3 is 4.74 Å². The molecule has 0 atom stereocenters. The van der Waals surface area contributed by atoms with Crippen LogP contribution >= 0.6 is 0 Å². The zero-order chi connectivity index (χ0) is 28.1. The van der Waals surface area contributed by atoms with Crippen LogP contribution in [0.15, 0.2) is 125 Å². The van der Waals surface area contributed by atoms with Crippen molar-refractivity contribution in [3.05, 3.63) is 127 Å². The average molecular weight is 571 g/mol. The molecule has 8 nitrogen and oxygen atoms in total. The number of para-hydroxylation sites is 1. The number of ketones is 1. The second-order valence-corrected chi connectivity index (χ2v) is 12.6. The van der Waals surface area contributed by atoms with Gasteiger partial charge in [0.1, 0.15) is 11.4 Å². The topological polar surface area (TPSA) is 104 Å². The third kappa shape index (κ3) is 4.00. The van der Waals surface area contributed by atoms with Gasteiger partial charge >= 0.3 is 0 Å². The van der Waals surface area contributed by atoms with Gasteiger partial charge in [0, 0.05) is 17.0 Å². The van der Waals surface area contributed by atoms with E-state index in [2.05, 4.69) is 0 Å². The first-order valence-electron chi connectivity index (χ1n) is 12.2. The van der Waals surface area contributed by atoms with Crippen molar-refractivity contribution in [2.75, 3.05) is 7.11 Å². The number of hydrogen-bond donors (Lipinski definition) is 0. The largest absolute Gasteiger partial charge is 0.497 e. The van der Waals surface area contributed by atoms with Crippen molar-refractivity contribution in [3.8, 4) is 5.75 Å². The SMILES string of the molecule is COc1ccc2c(c1)c(C(=O)c1cc3ccccc3n1S(=O)(=O)c1ccccc1)cn2S(=O)(=O)c1ccccc1. The molecule has 200 valence electrons. The van der Waals surface area contributed by atoms with Crippen molar-refractivity contribution >= 4 is 47.6 Å². The maximum absolute atomic E-state index is 14.3. The lowest BCUT2D eigenvalue weighted by Gasteiger charge is -2.11. The van der Waals surface area contributed by atoms with Crippen LogP contribution < -0.4 is 4.74 Å². The molecule has 0 aliphatic rings. The van der Waals surface area contributed by atoms with Crippen LogP contribution in [0, 0.1) is 0 Å². The Morgan fingerprint density at radius 2 is 1.27 bits per heavy atom. The van der Waals surface area contributed by atoms with Crippen LogP contribution in [-0.2, 0) is 20.0 Å². The van der Waals surface area contributed by atoms with Gasteiger partial charge in [0.05, 0.1) is 33.5 Å². The lowest BCUT2D eigenvalue weighted by molar-refractivity contribution is 0.103. The fourth-order valence-electron chi connectivity index (χ4n) is 4.78. The van der Waals surface area contributed by atoms with E-state index >= 15 is 0 Å². The molecule has 0 fully saturated rings. The Morgan fingerprint density at radius 3 is 1.93 bits per heavy atom. The fourth-order valence-corrected chi connectivity index (χ4v) is 7.70. The van der Waals surface area contributed by atoms with Crippen LogP contribution in [0.25, 0.3) is 21.8 Å². The van der Waals surface area contributed by atoms with Crippen molar-refractivity contribution in [3.63, 3.8) is 0 Å². The molecule has 4 aromatic carbocycles. The summed E-state index contributed by atoms with van der Waals surface area (Å²) in [5, 5.41) is 0.848. The monoisotopic (exact) mass is 570 g/mol. The number of aromatic nitrogens is 2. The summed E-state index contributed by atoms with van der Waals surface area (Å²) in [7, 11) is -6.82. The van der Waals surface area contributed by atoms with Crippen molar-refractivity contribution in [1.29, 1.82) is 0 Å². The molecule has 0 bridgehead atoms. The van der Waals surface area contributed by atoms with Gasteiger partial charge in [-0.15, -0.1) is 0 Å². The highest BCUT2D eigenvalue weighted by Crippen LogP contribution is 2.33. The van der Waals surface area contributed by atoms with E-state index in [1.807, 2.05) is 0 Å². The number of benzene rings is 4. The van der Waals surface area contributed by atoms with Gasteiger partial charge in [0.2, 0.25) is 5.78 Å². The van der Waals surface area contributed by atoms with Crippen LogP contribution in [0.2, 0.25) is 0 Å². The van der Waals surface area contributed by atoms with Gasteiger partial charge in [-0.3, -0.25) is 4.79 Å². The number of fused-ring (bicyclic) bond motifs is 2. The Balaban J connectivity index is 1.63. The van der Waals surface area contributed by atoms with Crippen LogP contribution in [0.1, 0.15) is 16.1 Å². The molecule has 0 saturated carbocycles. The van der Waals surface area contributed by atoms with Gasteiger partial charge in [-0.25, -0.2) is 24.8 Å². The molecule has 0 spiro atoms. The molecular weight excluding hydrogens is 548 g/mol. The lowest BCUT2D eigenvalue weighted by atomic mass is 10.1. The number of nitrogens with zero attached hydrogens (tertiary/aromatic N) is 2.